The number of aryl methyl sites for hydroxylation is 2. The van der Waals surface area contributed by atoms with Crippen molar-refractivity contribution in [1.82, 2.24) is 18.3 Å². The zero-order valence-electron chi connectivity index (χ0n) is 32.1. The lowest BCUT2D eigenvalue weighted by molar-refractivity contribution is 0.481. The first-order valence-corrected chi connectivity index (χ1v) is 20.6. The maximum atomic E-state index is 13.9. The molecule has 0 N–H and O–H groups in total. The lowest BCUT2D eigenvalue weighted by atomic mass is 10.1. The molecule has 0 bridgehead atoms. The molecule has 280 valence electrons. The first-order chi connectivity index (χ1) is 23.9. The van der Waals surface area contributed by atoms with Crippen molar-refractivity contribution in [3.05, 3.63) is 65.2 Å². The molecule has 0 amide bonds. The van der Waals surface area contributed by atoms with Gasteiger partial charge in [0.1, 0.15) is 0 Å². The summed E-state index contributed by atoms with van der Waals surface area (Å²) >= 11 is 0. The number of hydrogen-bond donors (Lipinski definition) is 0. The Labute approximate surface area is 297 Å². The fourth-order valence-electron chi connectivity index (χ4n) is 6.82. The van der Waals surface area contributed by atoms with Crippen LogP contribution in [0.3, 0.4) is 0 Å². The van der Waals surface area contributed by atoms with Gasteiger partial charge in [0, 0.05) is 56.1 Å². The average Bonchev–Trinajstić information content (AvgIpc) is 3.09. The van der Waals surface area contributed by atoms with E-state index in [1.54, 1.807) is 21.5 Å². The highest BCUT2D eigenvalue weighted by Gasteiger charge is 2.17. The molecule has 2 aromatic rings. The van der Waals surface area contributed by atoms with Crippen LogP contribution in [0.4, 0.5) is 0 Å². The molecule has 0 aliphatic carbocycles. The second-order valence-electron chi connectivity index (χ2n) is 14.4. The van der Waals surface area contributed by atoms with Gasteiger partial charge in [0.05, 0.1) is 0 Å². The van der Waals surface area contributed by atoms with Crippen LogP contribution in [0, 0.1) is 0 Å². The Bertz CT molecular complexity index is 1290. The van der Waals surface area contributed by atoms with Gasteiger partial charge in [-0.2, -0.15) is 0 Å². The van der Waals surface area contributed by atoms with E-state index in [-0.39, 0.29) is 28.9 Å². The normalized spacial score (nSPS) is 11.5. The summed E-state index contributed by atoms with van der Waals surface area (Å²) in [5, 5.41) is 0. The molecule has 49 heavy (non-hydrogen) atoms. The molecule has 0 unspecified atom stereocenters. The number of rotatable bonds is 30. The molecule has 0 aliphatic rings. The van der Waals surface area contributed by atoms with Crippen molar-refractivity contribution >= 4 is 0 Å². The third-order valence-electron chi connectivity index (χ3n) is 9.97. The minimum absolute atomic E-state index is 0.123. The van der Waals surface area contributed by atoms with Crippen LogP contribution in [0.25, 0.3) is 0 Å². The minimum Gasteiger partial charge on any atom is -0.300 e. The lowest BCUT2D eigenvalue weighted by Gasteiger charge is -2.16. The maximum Gasteiger partial charge on any atom is 0.330 e. The van der Waals surface area contributed by atoms with Crippen LogP contribution in [0.1, 0.15) is 193 Å². The summed E-state index contributed by atoms with van der Waals surface area (Å²) in [6.07, 6.45) is 29.8. The Kier molecular flexibility index (Phi) is 22.7. The van der Waals surface area contributed by atoms with E-state index in [2.05, 4.69) is 27.7 Å². The zero-order valence-corrected chi connectivity index (χ0v) is 32.1. The molecule has 0 spiro atoms. The van der Waals surface area contributed by atoms with Gasteiger partial charge < -0.3 is 9.13 Å². The Morgan fingerprint density at radius 1 is 0.367 bits per heavy atom. The molecule has 0 saturated carbocycles. The van der Waals surface area contributed by atoms with Crippen molar-refractivity contribution in [1.29, 1.82) is 0 Å². The van der Waals surface area contributed by atoms with Crippen LogP contribution in [0.15, 0.2) is 31.6 Å². The van der Waals surface area contributed by atoms with E-state index in [0.29, 0.717) is 37.3 Å². The fraction of sp³-hybridized carbons (Fsp3) is 0.805. The lowest BCUT2D eigenvalue weighted by Crippen LogP contribution is -2.43. The fourth-order valence-corrected chi connectivity index (χ4v) is 6.82. The van der Waals surface area contributed by atoms with E-state index in [9.17, 15) is 19.2 Å². The molecule has 0 aromatic carbocycles. The van der Waals surface area contributed by atoms with Crippen LogP contribution < -0.4 is 22.5 Å². The van der Waals surface area contributed by atoms with Crippen molar-refractivity contribution in [2.75, 3.05) is 0 Å². The summed E-state index contributed by atoms with van der Waals surface area (Å²) in [4.78, 5) is 54.9. The SMILES string of the molecule is CCCCCCCCn1cc(Cc2cn(CCCCCCCC)c(=O)n(CCCCCCCC)c2=O)c(=O)n(CCCCCCCC)c1=O. The summed E-state index contributed by atoms with van der Waals surface area (Å²) < 4.78 is 6.23. The van der Waals surface area contributed by atoms with E-state index in [0.717, 1.165) is 77.0 Å². The van der Waals surface area contributed by atoms with Gasteiger partial charge in [0.25, 0.3) is 11.1 Å². The Morgan fingerprint density at radius 3 is 0.939 bits per heavy atom. The van der Waals surface area contributed by atoms with Gasteiger partial charge in [-0.05, 0) is 25.7 Å². The number of hydrogen-bond acceptors (Lipinski definition) is 4. The molecule has 8 nitrogen and oxygen atoms in total. The standard InChI is InChI=1S/C41H72N4O4/c1-5-9-13-17-21-25-29-42-34-36(38(46)44(40(42)48)31-27-23-19-15-11-7-3)33-37-35-43(30-26-22-18-14-10-6-2)41(49)45(39(37)47)32-28-24-20-16-12-8-4/h34-35H,5-33H2,1-4H3. The third-order valence-corrected chi connectivity index (χ3v) is 9.97. The summed E-state index contributed by atoms with van der Waals surface area (Å²) in [5.74, 6) is 0. The molecule has 0 atom stereocenters. The Hall–Kier alpha value is -2.64. The molecule has 2 heterocycles. The number of unbranched alkanes of at least 4 members (excludes halogenated alkanes) is 20. The Morgan fingerprint density at radius 2 is 0.633 bits per heavy atom. The monoisotopic (exact) mass is 685 g/mol. The van der Waals surface area contributed by atoms with E-state index in [1.807, 2.05) is 0 Å². The van der Waals surface area contributed by atoms with Gasteiger partial charge in [0.15, 0.2) is 0 Å². The summed E-state index contributed by atoms with van der Waals surface area (Å²) in [5.41, 5.74) is -0.163. The predicted molar refractivity (Wildman–Crippen MR) is 206 cm³/mol. The van der Waals surface area contributed by atoms with E-state index >= 15 is 0 Å². The van der Waals surface area contributed by atoms with Gasteiger partial charge in [-0.3, -0.25) is 18.7 Å². The second-order valence-corrected chi connectivity index (χ2v) is 14.4. The molecule has 2 rings (SSSR count). The molecular formula is C41H72N4O4. The topological polar surface area (TPSA) is 88.0 Å². The van der Waals surface area contributed by atoms with Crippen LogP contribution in [-0.2, 0) is 32.6 Å². The van der Waals surface area contributed by atoms with Gasteiger partial charge >= 0.3 is 11.4 Å². The zero-order chi connectivity index (χ0) is 35.7. The molecule has 8 heteroatoms. The Balaban J connectivity index is 2.40. The summed E-state index contributed by atoms with van der Waals surface area (Å²) in [7, 11) is 0. The van der Waals surface area contributed by atoms with Crippen LogP contribution in [0.2, 0.25) is 0 Å². The van der Waals surface area contributed by atoms with E-state index in [4.69, 9.17) is 0 Å². The summed E-state index contributed by atoms with van der Waals surface area (Å²) in [6, 6.07) is 0. The van der Waals surface area contributed by atoms with Crippen molar-refractivity contribution in [3.63, 3.8) is 0 Å². The predicted octanol–water partition coefficient (Wildman–Crippen LogP) is 9.37. The highest BCUT2D eigenvalue weighted by molar-refractivity contribution is 5.19. The smallest absolute Gasteiger partial charge is 0.300 e. The highest BCUT2D eigenvalue weighted by atomic mass is 16.2. The molecule has 0 saturated heterocycles. The molecule has 2 aromatic heterocycles. The third kappa shape index (κ3) is 15.8. The average molecular weight is 685 g/mol. The van der Waals surface area contributed by atoms with E-state index < -0.39 is 0 Å². The number of nitrogens with zero attached hydrogens (tertiary/aromatic N) is 4. The van der Waals surface area contributed by atoms with Gasteiger partial charge in [0.2, 0.25) is 0 Å². The quantitative estimate of drug-likeness (QED) is 0.0768. The van der Waals surface area contributed by atoms with E-state index in [1.165, 1.54) is 86.2 Å². The van der Waals surface area contributed by atoms with Gasteiger partial charge in [-0.15, -0.1) is 0 Å². The van der Waals surface area contributed by atoms with Crippen molar-refractivity contribution in [2.45, 2.75) is 214 Å². The van der Waals surface area contributed by atoms with Crippen molar-refractivity contribution in [3.8, 4) is 0 Å². The molecule has 0 radical (unpaired) electrons. The molecular weight excluding hydrogens is 612 g/mol. The minimum atomic E-state index is -0.298. The maximum absolute atomic E-state index is 13.9. The van der Waals surface area contributed by atoms with Crippen molar-refractivity contribution in [2.24, 2.45) is 0 Å². The highest BCUT2D eigenvalue weighted by Crippen LogP contribution is 2.10. The molecule has 0 aliphatic heterocycles. The summed E-state index contributed by atoms with van der Waals surface area (Å²) in [6.45, 7) is 10.7. The first kappa shape index (κ1) is 42.5. The van der Waals surface area contributed by atoms with Crippen LogP contribution >= 0.6 is 0 Å². The largest absolute Gasteiger partial charge is 0.330 e. The van der Waals surface area contributed by atoms with Gasteiger partial charge in [-0.25, -0.2) is 9.59 Å². The van der Waals surface area contributed by atoms with Gasteiger partial charge in [-0.1, -0.05) is 156 Å². The van der Waals surface area contributed by atoms with Crippen LogP contribution in [0.5, 0.6) is 0 Å². The van der Waals surface area contributed by atoms with Crippen LogP contribution in [-0.4, -0.2) is 18.3 Å². The van der Waals surface area contributed by atoms with Crippen molar-refractivity contribution < 1.29 is 0 Å². The second kappa shape index (κ2) is 26.2. The molecule has 0 fully saturated rings. The number of aromatic nitrogens is 4. The first-order valence-electron chi connectivity index (χ1n) is 20.6.